The molecule has 0 aliphatic carbocycles. The maximum absolute atomic E-state index is 12.1. The second kappa shape index (κ2) is 6.70. The van der Waals surface area contributed by atoms with E-state index in [1.807, 2.05) is 25.4 Å². The second-order valence-corrected chi connectivity index (χ2v) is 7.42. The van der Waals surface area contributed by atoms with Crippen LogP contribution in [0.25, 0.3) is 0 Å². The van der Waals surface area contributed by atoms with Gasteiger partial charge in [-0.25, -0.2) is 5.43 Å². The SMILES string of the molecule is COc1ccc(C2NNCC2C2SCC(=O)Nc3c2cnn3C)cc1. The van der Waals surface area contributed by atoms with Gasteiger partial charge < -0.3 is 10.1 Å². The van der Waals surface area contributed by atoms with Crippen molar-refractivity contribution in [3.63, 3.8) is 0 Å². The van der Waals surface area contributed by atoms with Crippen LogP contribution in [0.4, 0.5) is 5.82 Å². The van der Waals surface area contributed by atoms with Crippen LogP contribution in [0.15, 0.2) is 30.5 Å². The van der Waals surface area contributed by atoms with E-state index in [9.17, 15) is 4.79 Å². The second-order valence-electron chi connectivity index (χ2n) is 6.29. The summed E-state index contributed by atoms with van der Waals surface area (Å²) in [6, 6.07) is 8.29. The molecule has 2 aliphatic heterocycles. The first-order chi connectivity index (χ1) is 12.2. The van der Waals surface area contributed by atoms with Crippen molar-refractivity contribution in [1.82, 2.24) is 20.6 Å². The van der Waals surface area contributed by atoms with Crippen molar-refractivity contribution in [2.45, 2.75) is 11.3 Å². The fraction of sp³-hybridized carbons (Fsp3) is 0.412. The van der Waals surface area contributed by atoms with Gasteiger partial charge in [-0.1, -0.05) is 12.1 Å². The Morgan fingerprint density at radius 2 is 2.12 bits per heavy atom. The van der Waals surface area contributed by atoms with Gasteiger partial charge in [-0.05, 0) is 17.7 Å². The number of hydrogen-bond donors (Lipinski definition) is 3. The molecule has 3 N–H and O–H groups in total. The van der Waals surface area contributed by atoms with Gasteiger partial charge in [0.25, 0.3) is 0 Å². The summed E-state index contributed by atoms with van der Waals surface area (Å²) in [5.74, 6) is 2.43. The van der Waals surface area contributed by atoms with Crippen molar-refractivity contribution in [2.75, 3.05) is 24.7 Å². The van der Waals surface area contributed by atoms with Crippen LogP contribution in [0.5, 0.6) is 5.75 Å². The molecule has 2 aliphatic rings. The van der Waals surface area contributed by atoms with Gasteiger partial charge in [0.2, 0.25) is 5.91 Å². The number of anilines is 1. The summed E-state index contributed by atoms with van der Waals surface area (Å²) < 4.78 is 7.00. The van der Waals surface area contributed by atoms with Gasteiger partial charge in [0.1, 0.15) is 11.6 Å². The van der Waals surface area contributed by atoms with Crippen LogP contribution in [0.2, 0.25) is 0 Å². The quantitative estimate of drug-likeness (QED) is 0.773. The number of nitrogens with zero attached hydrogens (tertiary/aromatic N) is 2. The van der Waals surface area contributed by atoms with Crippen molar-refractivity contribution >= 4 is 23.5 Å². The number of amides is 1. The summed E-state index contributed by atoms with van der Waals surface area (Å²) in [6.07, 6.45) is 1.88. The van der Waals surface area contributed by atoms with Gasteiger partial charge in [-0.3, -0.25) is 14.9 Å². The summed E-state index contributed by atoms with van der Waals surface area (Å²) in [7, 11) is 3.53. The third-order valence-corrected chi connectivity index (χ3v) is 6.20. The highest BCUT2D eigenvalue weighted by atomic mass is 32.2. The minimum atomic E-state index is 0.0252. The predicted octanol–water partition coefficient (Wildman–Crippen LogP) is 1.62. The lowest BCUT2D eigenvalue weighted by Crippen LogP contribution is -2.25. The van der Waals surface area contributed by atoms with Crippen LogP contribution in [-0.2, 0) is 11.8 Å². The van der Waals surface area contributed by atoms with Crippen LogP contribution in [0, 0.1) is 5.92 Å². The number of hydrazine groups is 1. The molecule has 1 amide bonds. The van der Waals surface area contributed by atoms with Crippen molar-refractivity contribution in [3.8, 4) is 5.75 Å². The number of carbonyl (C=O) groups excluding carboxylic acids is 1. The molecule has 132 valence electrons. The smallest absolute Gasteiger partial charge is 0.235 e. The van der Waals surface area contributed by atoms with Crippen molar-refractivity contribution in [3.05, 3.63) is 41.6 Å². The molecule has 3 atom stereocenters. The summed E-state index contributed by atoms with van der Waals surface area (Å²) in [5, 5.41) is 7.50. The summed E-state index contributed by atoms with van der Waals surface area (Å²) in [6.45, 7) is 0.830. The molecule has 7 nitrogen and oxygen atoms in total. The number of aryl methyl sites for hydroxylation is 1. The first-order valence-corrected chi connectivity index (χ1v) is 9.28. The molecule has 0 bridgehead atoms. The molecule has 1 saturated heterocycles. The first kappa shape index (κ1) is 16.4. The third kappa shape index (κ3) is 3.01. The van der Waals surface area contributed by atoms with Crippen LogP contribution in [0.3, 0.4) is 0 Å². The highest BCUT2D eigenvalue weighted by Gasteiger charge is 2.39. The number of nitrogens with one attached hydrogen (secondary N) is 3. The fourth-order valence-electron chi connectivity index (χ4n) is 3.53. The highest BCUT2D eigenvalue weighted by molar-refractivity contribution is 8.00. The number of aromatic nitrogens is 2. The molecule has 1 aromatic heterocycles. The Morgan fingerprint density at radius 3 is 2.88 bits per heavy atom. The highest BCUT2D eigenvalue weighted by Crippen LogP contribution is 2.46. The number of methoxy groups -OCH3 is 1. The number of thioether (sulfide) groups is 1. The Hall–Kier alpha value is -2.03. The van der Waals surface area contributed by atoms with Gasteiger partial charge in [-0.15, -0.1) is 11.8 Å². The molecule has 0 saturated carbocycles. The van der Waals surface area contributed by atoms with E-state index in [0.29, 0.717) is 11.7 Å². The number of ether oxygens (including phenoxy) is 1. The number of carbonyl (C=O) groups is 1. The zero-order valence-corrected chi connectivity index (χ0v) is 15.0. The monoisotopic (exact) mass is 359 g/mol. The van der Waals surface area contributed by atoms with Crippen molar-refractivity contribution < 1.29 is 9.53 Å². The number of benzene rings is 1. The van der Waals surface area contributed by atoms with E-state index in [4.69, 9.17) is 4.74 Å². The minimum absolute atomic E-state index is 0.0252. The molecule has 1 fully saturated rings. The van der Waals surface area contributed by atoms with E-state index in [-0.39, 0.29) is 17.2 Å². The Labute approximate surface area is 150 Å². The average Bonchev–Trinajstić information content (AvgIpc) is 3.20. The number of hydrogen-bond acceptors (Lipinski definition) is 6. The van der Waals surface area contributed by atoms with E-state index in [2.05, 4.69) is 33.4 Å². The molecule has 4 rings (SSSR count). The summed E-state index contributed by atoms with van der Waals surface area (Å²) >= 11 is 1.68. The molecule has 3 heterocycles. The summed E-state index contributed by atoms with van der Waals surface area (Å²) in [5.41, 5.74) is 8.97. The van der Waals surface area contributed by atoms with E-state index in [1.165, 1.54) is 5.56 Å². The van der Waals surface area contributed by atoms with Gasteiger partial charge in [0, 0.05) is 30.3 Å². The Bertz CT molecular complexity index is 776. The molecule has 3 unspecified atom stereocenters. The predicted molar refractivity (Wildman–Crippen MR) is 97.4 cm³/mol. The van der Waals surface area contributed by atoms with Gasteiger partial charge in [-0.2, -0.15) is 5.10 Å². The zero-order chi connectivity index (χ0) is 17.4. The molecule has 0 spiro atoms. The summed E-state index contributed by atoms with van der Waals surface area (Å²) in [4.78, 5) is 12.1. The van der Waals surface area contributed by atoms with E-state index < -0.39 is 0 Å². The van der Waals surface area contributed by atoms with Crippen molar-refractivity contribution in [2.24, 2.45) is 13.0 Å². The van der Waals surface area contributed by atoms with Crippen molar-refractivity contribution in [1.29, 1.82) is 0 Å². The van der Waals surface area contributed by atoms with E-state index >= 15 is 0 Å². The van der Waals surface area contributed by atoms with Gasteiger partial charge in [0.15, 0.2) is 0 Å². The van der Waals surface area contributed by atoms with Gasteiger partial charge >= 0.3 is 0 Å². The Kier molecular flexibility index (Phi) is 4.41. The Morgan fingerprint density at radius 1 is 1.32 bits per heavy atom. The fourth-order valence-corrected chi connectivity index (χ4v) is 4.78. The molecular weight excluding hydrogens is 338 g/mol. The topological polar surface area (TPSA) is 80.2 Å². The standard InChI is InChI=1S/C17H21N5O2S/c1-22-17-13(8-19-22)16(25-9-14(23)20-17)12-7-18-21-15(12)10-3-5-11(24-2)6-4-10/h3-6,8,12,15-16,18,21H,7,9H2,1-2H3,(H,20,23). The maximum Gasteiger partial charge on any atom is 0.235 e. The molecular formula is C17H21N5O2S. The first-order valence-electron chi connectivity index (χ1n) is 8.23. The Balaban J connectivity index is 1.66. The molecule has 8 heteroatoms. The van der Waals surface area contributed by atoms with Crippen LogP contribution in [0.1, 0.15) is 22.4 Å². The third-order valence-electron chi connectivity index (χ3n) is 4.81. The minimum Gasteiger partial charge on any atom is -0.497 e. The molecule has 25 heavy (non-hydrogen) atoms. The lowest BCUT2D eigenvalue weighted by atomic mass is 9.89. The van der Waals surface area contributed by atoms with Gasteiger partial charge in [0.05, 0.1) is 25.1 Å². The largest absolute Gasteiger partial charge is 0.497 e. The number of rotatable bonds is 3. The molecule has 1 aromatic carbocycles. The average molecular weight is 359 g/mol. The zero-order valence-electron chi connectivity index (χ0n) is 14.2. The molecule has 0 radical (unpaired) electrons. The maximum atomic E-state index is 12.1. The lowest BCUT2D eigenvalue weighted by molar-refractivity contribution is -0.113. The number of fused-ring (bicyclic) bond motifs is 1. The van der Waals surface area contributed by atoms with Crippen LogP contribution < -0.4 is 20.9 Å². The lowest BCUT2D eigenvalue weighted by Gasteiger charge is -2.26. The van der Waals surface area contributed by atoms with E-state index in [0.717, 1.165) is 23.7 Å². The van der Waals surface area contributed by atoms with Crippen LogP contribution in [-0.4, -0.2) is 35.1 Å². The van der Waals surface area contributed by atoms with E-state index in [1.54, 1.807) is 23.6 Å². The molecule has 2 aromatic rings. The normalized spacial score (nSPS) is 26.0. The van der Waals surface area contributed by atoms with Crippen LogP contribution >= 0.6 is 11.8 Å².